The summed E-state index contributed by atoms with van der Waals surface area (Å²) < 4.78 is 10.9. The maximum Gasteiger partial charge on any atom is 0.272 e. The average Bonchev–Trinajstić information content (AvgIpc) is 2.88. The maximum absolute atomic E-state index is 13.1. The van der Waals surface area contributed by atoms with Crippen molar-refractivity contribution in [2.75, 3.05) is 64.3 Å². The molecule has 36 heavy (non-hydrogen) atoms. The van der Waals surface area contributed by atoms with Crippen molar-refractivity contribution < 1.29 is 14.3 Å². The molecule has 0 spiro atoms. The van der Waals surface area contributed by atoms with Gasteiger partial charge in [-0.15, -0.1) is 0 Å². The van der Waals surface area contributed by atoms with Crippen molar-refractivity contribution in [1.82, 2.24) is 9.88 Å². The predicted octanol–water partition coefficient (Wildman–Crippen LogP) is 4.07. The third-order valence-corrected chi connectivity index (χ3v) is 6.70. The largest absolute Gasteiger partial charge is 0.497 e. The summed E-state index contributed by atoms with van der Waals surface area (Å²) in [5.41, 5.74) is 3.45. The predicted molar refractivity (Wildman–Crippen MR) is 145 cm³/mol. The minimum atomic E-state index is -0.352. The van der Waals surface area contributed by atoms with Gasteiger partial charge in [0.1, 0.15) is 11.4 Å². The zero-order valence-corrected chi connectivity index (χ0v) is 21.6. The van der Waals surface area contributed by atoms with E-state index in [4.69, 9.17) is 9.47 Å². The summed E-state index contributed by atoms with van der Waals surface area (Å²) in [6, 6.07) is 12.8. The van der Waals surface area contributed by atoms with Gasteiger partial charge in [0.25, 0.3) is 5.91 Å². The van der Waals surface area contributed by atoms with E-state index in [1.165, 1.54) is 6.07 Å². The van der Waals surface area contributed by atoms with Gasteiger partial charge in [0.2, 0.25) is 0 Å². The Morgan fingerprint density at radius 1 is 1.17 bits per heavy atom. The summed E-state index contributed by atoms with van der Waals surface area (Å²) in [6.45, 7) is 6.27. The first-order valence-electron chi connectivity index (χ1n) is 12.5. The highest BCUT2D eigenvalue weighted by atomic mass is 16.5. The Kier molecular flexibility index (Phi) is 8.28. The van der Waals surface area contributed by atoms with Gasteiger partial charge in [0.15, 0.2) is 5.43 Å². The highest BCUT2D eigenvalue weighted by Crippen LogP contribution is 2.31. The standard InChI is InChI=1S/C28H36N4O4/c1-19(6-5-11-31(2)3)23-16-22(35-4)17-24-26(33)18-25(30-27(23)24)28(34)29-20-7-9-21(10-8-20)32-12-14-36-15-13-32/h7-10,16-19H,5-6,11-15H2,1-4H3,(H,29,34)(H,30,33). The molecule has 4 rings (SSSR count). The molecule has 192 valence electrons. The van der Waals surface area contributed by atoms with Gasteiger partial charge in [-0.05, 0) is 81.4 Å². The fraction of sp³-hybridized carbons (Fsp3) is 0.429. The first-order chi connectivity index (χ1) is 17.4. The summed E-state index contributed by atoms with van der Waals surface area (Å²) in [5, 5.41) is 3.44. The van der Waals surface area contributed by atoms with Gasteiger partial charge in [-0.25, -0.2) is 0 Å². The van der Waals surface area contributed by atoms with Crippen LogP contribution in [0.4, 0.5) is 11.4 Å². The number of anilines is 2. The lowest BCUT2D eigenvalue weighted by molar-refractivity contribution is 0.102. The fourth-order valence-corrected chi connectivity index (χ4v) is 4.62. The van der Waals surface area contributed by atoms with Gasteiger partial charge >= 0.3 is 0 Å². The summed E-state index contributed by atoms with van der Waals surface area (Å²) in [7, 11) is 5.72. The summed E-state index contributed by atoms with van der Waals surface area (Å²) in [4.78, 5) is 33.8. The lowest BCUT2D eigenvalue weighted by Crippen LogP contribution is -2.36. The Hall–Kier alpha value is -3.36. The molecule has 2 aromatic carbocycles. The highest BCUT2D eigenvalue weighted by Gasteiger charge is 2.18. The highest BCUT2D eigenvalue weighted by molar-refractivity contribution is 6.04. The molecule has 1 unspecified atom stereocenters. The third kappa shape index (κ3) is 6.06. The van der Waals surface area contributed by atoms with Gasteiger partial charge in [-0.1, -0.05) is 6.92 Å². The SMILES string of the molecule is COc1cc(C(C)CCCN(C)C)c2[nH]c(C(=O)Nc3ccc(N4CCOCC4)cc3)cc(=O)c2c1. The van der Waals surface area contributed by atoms with Crippen molar-refractivity contribution >= 4 is 28.2 Å². The number of benzene rings is 2. The zero-order valence-electron chi connectivity index (χ0n) is 21.6. The van der Waals surface area contributed by atoms with Crippen LogP contribution in [0.2, 0.25) is 0 Å². The molecule has 0 aliphatic carbocycles. The Balaban J connectivity index is 1.58. The number of H-pyrrole nitrogens is 1. The number of hydrogen-bond acceptors (Lipinski definition) is 6. The number of nitrogens with one attached hydrogen (secondary N) is 2. The van der Waals surface area contributed by atoms with Gasteiger partial charge in [-0.3, -0.25) is 9.59 Å². The molecule has 2 heterocycles. The van der Waals surface area contributed by atoms with Crippen LogP contribution < -0.4 is 20.4 Å². The van der Waals surface area contributed by atoms with Gasteiger partial charge in [0.05, 0.1) is 25.8 Å². The van der Waals surface area contributed by atoms with E-state index in [0.717, 1.165) is 56.9 Å². The molecule has 0 bridgehead atoms. The minimum Gasteiger partial charge on any atom is -0.497 e. The second kappa shape index (κ2) is 11.6. The quantitative estimate of drug-likeness (QED) is 0.468. The first kappa shape index (κ1) is 25.7. The molecule has 0 radical (unpaired) electrons. The van der Waals surface area contributed by atoms with Crippen molar-refractivity contribution in [3.05, 3.63) is 63.9 Å². The van der Waals surface area contributed by atoms with E-state index in [1.54, 1.807) is 13.2 Å². The molecule has 1 aromatic heterocycles. The molecular weight excluding hydrogens is 456 g/mol. The molecule has 3 aromatic rings. The monoisotopic (exact) mass is 492 g/mol. The van der Waals surface area contributed by atoms with Crippen LogP contribution in [-0.2, 0) is 4.74 Å². The van der Waals surface area contributed by atoms with Crippen LogP contribution >= 0.6 is 0 Å². The molecule has 1 aliphatic heterocycles. The van der Waals surface area contributed by atoms with Crippen molar-refractivity contribution in [2.45, 2.75) is 25.7 Å². The fourth-order valence-electron chi connectivity index (χ4n) is 4.62. The second-order valence-corrected chi connectivity index (χ2v) is 9.63. The number of morpholine rings is 1. The number of aromatic nitrogens is 1. The lowest BCUT2D eigenvalue weighted by Gasteiger charge is -2.28. The van der Waals surface area contributed by atoms with Crippen molar-refractivity contribution in [3.63, 3.8) is 0 Å². The number of rotatable bonds is 9. The number of amides is 1. The Morgan fingerprint density at radius 2 is 1.89 bits per heavy atom. The molecule has 1 amide bonds. The summed E-state index contributed by atoms with van der Waals surface area (Å²) >= 11 is 0. The molecule has 0 saturated carbocycles. The number of aromatic amines is 1. The topological polar surface area (TPSA) is 86.9 Å². The molecule has 1 aliphatic rings. The lowest BCUT2D eigenvalue weighted by atomic mass is 9.93. The van der Waals surface area contributed by atoms with Crippen LogP contribution in [0.3, 0.4) is 0 Å². The normalized spacial score (nSPS) is 14.8. The first-order valence-corrected chi connectivity index (χ1v) is 12.5. The van der Waals surface area contributed by atoms with Crippen molar-refractivity contribution in [2.24, 2.45) is 0 Å². The number of methoxy groups -OCH3 is 1. The number of pyridine rings is 1. The van der Waals surface area contributed by atoms with E-state index >= 15 is 0 Å². The van der Waals surface area contributed by atoms with Gasteiger partial charge in [-0.2, -0.15) is 0 Å². The second-order valence-electron chi connectivity index (χ2n) is 9.63. The van der Waals surface area contributed by atoms with Crippen LogP contribution in [0.1, 0.15) is 41.7 Å². The van der Waals surface area contributed by atoms with Gasteiger partial charge in [0, 0.05) is 35.9 Å². The average molecular weight is 493 g/mol. The molecule has 1 atom stereocenters. The van der Waals surface area contributed by atoms with E-state index < -0.39 is 0 Å². The number of ether oxygens (including phenoxy) is 2. The number of fused-ring (bicyclic) bond motifs is 1. The van der Waals surface area contributed by atoms with Crippen LogP contribution in [0.15, 0.2) is 47.3 Å². The molecule has 8 heteroatoms. The Labute approximate surface area is 212 Å². The van der Waals surface area contributed by atoms with Crippen molar-refractivity contribution in [1.29, 1.82) is 0 Å². The third-order valence-electron chi connectivity index (χ3n) is 6.70. The van der Waals surface area contributed by atoms with Crippen molar-refractivity contribution in [3.8, 4) is 5.75 Å². The Morgan fingerprint density at radius 3 is 2.56 bits per heavy atom. The molecule has 2 N–H and O–H groups in total. The van der Waals surface area contributed by atoms with E-state index in [0.29, 0.717) is 22.3 Å². The number of nitrogens with zero attached hydrogens (tertiary/aromatic N) is 2. The van der Waals surface area contributed by atoms with Crippen LogP contribution in [0, 0.1) is 0 Å². The zero-order chi connectivity index (χ0) is 25.7. The minimum absolute atomic E-state index is 0.184. The number of hydrogen-bond donors (Lipinski definition) is 2. The Bertz CT molecular complexity index is 1250. The molecular formula is C28H36N4O4. The smallest absolute Gasteiger partial charge is 0.272 e. The maximum atomic E-state index is 13.1. The number of carbonyl (C=O) groups is 1. The molecule has 1 saturated heterocycles. The van der Waals surface area contributed by atoms with E-state index in [1.807, 2.05) is 30.3 Å². The van der Waals surface area contributed by atoms with Crippen LogP contribution in [0.5, 0.6) is 5.75 Å². The van der Waals surface area contributed by atoms with Crippen LogP contribution in [0.25, 0.3) is 10.9 Å². The van der Waals surface area contributed by atoms with Crippen LogP contribution in [-0.4, -0.2) is 69.8 Å². The summed E-state index contributed by atoms with van der Waals surface area (Å²) in [6.07, 6.45) is 1.98. The van der Waals surface area contributed by atoms with E-state index in [9.17, 15) is 9.59 Å². The molecule has 1 fully saturated rings. The summed E-state index contributed by atoms with van der Waals surface area (Å²) in [5.74, 6) is 0.472. The molecule has 8 nitrogen and oxygen atoms in total. The number of carbonyl (C=O) groups excluding carboxylic acids is 1. The van der Waals surface area contributed by atoms with E-state index in [-0.39, 0.29) is 22.9 Å². The van der Waals surface area contributed by atoms with E-state index in [2.05, 4.69) is 41.1 Å². The van der Waals surface area contributed by atoms with Gasteiger partial charge < -0.3 is 29.6 Å².